The van der Waals surface area contributed by atoms with Gasteiger partial charge in [0.25, 0.3) is 5.56 Å². The first-order valence-corrected chi connectivity index (χ1v) is 7.65. The van der Waals surface area contributed by atoms with Crippen LogP contribution in [0.25, 0.3) is 5.69 Å². The molecule has 0 spiro atoms. The van der Waals surface area contributed by atoms with E-state index in [-0.39, 0.29) is 5.56 Å². The second kappa shape index (κ2) is 7.62. The highest BCUT2D eigenvalue weighted by atomic mass is 16.1. The van der Waals surface area contributed by atoms with E-state index in [1.165, 1.54) is 0 Å². The molecule has 1 aromatic carbocycles. The summed E-state index contributed by atoms with van der Waals surface area (Å²) < 4.78 is 1.63. The molecule has 0 saturated carbocycles. The van der Waals surface area contributed by atoms with E-state index in [1.807, 2.05) is 30.3 Å². The van der Waals surface area contributed by atoms with Crippen LogP contribution in [0, 0.1) is 0 Å². The highest BCUT2D eigenvalue weighted by molar-refractivity contribution is 5.38. The summed E-state index contributed by atoms with van der Waals surface area (Å²) in [6.07, 6.45) is 7.67. The molecule has 4 heteroatoms. The molecule has 1 heterocycles. The molecule has 0 aliphatic rings. The molecule has 4 nitrogen and oxygen atoms in total. The van der Waals surface area contributed by atoms with Crippen molar-refractivity contribution in [3.05, 3.63) is 53.1 Å². The third-order valence-electron chi connectivity index (χ3n) is 3.49. The standard InChI is InChI=1S/C17H23N3O/c1-3-8-14(9-4-2)19-16-17(21)20(13-12-18-16)15-10-6-5-7-11-15/h5-7,10-14H,3-4,8-9H2,1-2H3,(H,18,19). The van der Waals surface area contributed by atoms with Crippen molar-refractivity contribution in [2.45, 2.75) is 45.6 Å². The average Bonchev–Trinajstić information content (AvgIpc) is 2.51. The lowest BCUT2D eigenvalue weighted by molar-refractivity contribution is 0.583. The normalized spacial score (nSPS) is 10.8. The highest BCUT2D eigenvalue weighted by Gasteiger charge is 2.11. The number of hydrogen-bond donors (Lipinski definition) is 1. The molecule has 112 valence electrons. The van der Waals surface area contributed by atoms with Crippen molar-refractivity contribution in [3.8, 4) is 5.69 Å². The van der Waals surface area contributed by atoms with Crippen molar-refractivity contribution in [1.29, 1.82) is 0 Å². The van der Waals surface area contributed by atoms with Crippen LogP contribution in [0.1, 0.15) is 39.5 Å². The van der Waals surface area contributed by atoms with E-state index in [0.29, 0.717) is 11.9 Å². The second-order valence-corrected chi connectivity index (χ2v) is 5.21. The monoisotopic (exact) mass is 285 g/mol. The number of rotatable bonds is 7. The van der Waals surface area contributed by atoms with Gasteiger partial charge in [0, 0.05) is 24.1 Å². The van der Waals surface area contributed by atoms with E-state index in [9.17, 15) is 4.79 Å². The Labute approximate surface area is 125 Å². The number of nitrogens with zero attached hydrogens (tertiary/aromatic N) is 2. The van der Waals surface area contributed by atoms with Gasteiger partial charge in [0.2, 0.25) is 0 Å². The zero-order chi connectivity index (χ0) is 15.1. The van der Waals surface area contributed by atoms with Gasteiger partial charge in [0.1, 0.15) is 0 Å². The first kappa shape index (κ1) is 15.3. The van der Waals surface area contributed by atoms with Gasteiger partial charge < -0.3 is 5.32 Å². The fourth-order valence-electron chi connectivity index (χ4n) is 2.48. The number of benzene rings is 1. The Kier molecular flexibility index (Phi) is 5.55. The zero-order valence-corrected chi connectivity index (χ0v) is 12.7. The van der Waals surface area contributed by atoms with Crippen molar-refractivity contribution in [2.75, 3.05) is 5.32 Å². The van der Waals surface area contributed by atoms with Gasteiger partial charge in [-0.15, -0.1) is 0 Å². The SMILES string of the molecule is CCCC(CCC)Nc1nccn(-c2ccccc2)c1=O. The summed E-state index contributed by atoms with van der Waals surface area (Å²) in [6.45, 7) is 4.32. The summed E-state index contributed by atoms with van der Waals surface area (Å²) in [7, 11) is 0. The number of nitrogens with one attached hydrogen (secondary N) is 1. The van der Waals surface area contributed by atoms with Crippen LogP contribution in [0.4, 0.5) is 5.82 Å². The lowest BCUT2D eigenvalue weighted by atomic mass is 10.1. The van der Waals surface area contributed by atoms with Crippen LogP contribution in [0.3, 0.4) is 0 Å². The van der Waals surface area contributed by atoms with Crippen LogP contribution >= 0.6 is 0 Å². The molecule has 21 heavy (non-hydrogen) atoms. The topological polar surface area (TPSA) is 46.9 Å². The maximum absolute atomic E-state index is 12.6. The summed E-state index contributed by atoms with van der Waals surface area (Å²) >= 11 is 0. The van der Waals surface area contributed by atoms with Gasteiger partial charge in [-0.25, -0.2) is 4.98 Å². The minimum atomic E-state index is -0.0964. The molecule has 0 atom stereocenters. The van der Waals surface area contributed by atoms with E-state index < -0.39 is 0 Å². The maximum Gasteiger partial charge on any atom is 0.297 e. The fourth-order valence-corrected chi connectivity index (χ4v) is 2.48. The van der Waals surface area contributed by atoms with Crippen LogP contribution in [0.5, 0.6) is 0 Å². The van der Waals surface area contributed by atoms with Crippen LogP contribution in [0.2, 0.25) is 0 Å². The third kappa shape index (κ3) is 3.94. The Hall–Kier alpha value is -2.10. The molecule has 0 fully saturated rings. The summed E-state index contributed by atoms with van der Waals surface area (Å²) in [4.78, 5) is 16.8. The summed E-state index contributed by atoms with van der Waals surface area (Å²) in [5.74, 6) is 0.438. The van der Waals surface area contributed by atoms with Gasteiger partial charge in [0.05, 0.1) is 0 Å². The quantitative estimate of drug-likeness (QED) is 0.845. The molecule has 1 aromatic heterocycles. The molecule has 0 saturated heterocycles. The third-order valence-corrected chi connectivity index (χ3v) is 3.49. The average molecular weight is 285 g/mol. The number of hydrogen-bond acceptors (Lipinski definition) is 3. The Bertz CT molecular complexity index is 601. The first-order valence-electron chi connectivity index (χ1n) is 7.65. The van der Waals surface area contributed by atoms with E-state index >= 15 is 0 Å². The molecule has 0 aliphatic heterocycles. The molecular formula is C17H23N3O. The maximum atomic E-state index is 12.6. The Morgan fingerprint density at radius 3 is 2.43 bits per heavy atom. The van der Waals surface area contributed by atoms with Crippen molar-refractivity contribution < 1.29 is 0 Å². The first-order chi connectivity index (χ1) is 10.3. The van der Waals surface area contributed by atoms with Crippen LogP contribution in [-0.2, 0) is 0 Å². The second-order valence-electron chi connectivity index (χ2n) is 5.21. The Balaban J connectivity index is 2.27. The summed E-state index contributed by atoms with van der Waals surface area (Å²) in [6, 6.07) is 9.93. The van der Waals surface area contributed by atoms with Crippen LogP contribution < -0.4 is 10.9 Å². The molecular weight excluding hydrogens is 262 g/mol. The lowest BCUT2D eigenvalue weighted by Gasteiger charge is -2.18. The van der Waals surface area contributed by atoms with Crippen molar-refractivity contribution in [3.63, 3.8) is 0 Å². The largest absolute Gasteiger partial charge is 0.363 e. The minimum absolute atomic E-state index is 0.0964. The van der Waals surface area contributed by atoms with Gasteiger partial charge in [-0.3, -0.25) is 9.36 Å². The lowest BCUT2D eigenvalue weighted by Crippen LogP contribution is -2.28. The van der Waals surface area contributed by atoms with E-state index in [2.05, 4.69) is 24.1 Å². The Morgan fingerprint density at radius 1 is 1.14 bits per heavy atom. The fraction of sp³-hybridized carbons (Fsp3) is 0.412. The summed E-state index contributed by atoms with van der Waals surface area (Å²) in [5, 5.41) is 3.31. The molecule has 0 aliphatic carbocycles. The predicted octanol–water partition coefficient (Wildman–Crippen LogP) is 3.61. The van der Waals surface area contributed by atoms with Gasteiger partial charge in [-0.1, -0.05) is 44.9 Å². The van der Waals surface area contributed by atoms with Gasteiger partial charge in [0.15, 0.2) is 5.82 Å². The minimum Gasteiger partial charge on any atom is -0.363 e. The molecule has 0 bridgehead atoms. The number of para-hydroxylation sites is 1. The van der Waals surface area contributed by atoms with Crippen molar-refractivity contribution in [2.24, 2.45) is 0 Å². The Morgan fingerprint density at radius 2 is 1.81 bits per heavy atom. The van der Waals surface area contributed by atoms with Gasteiger partial charge >= 0.3 is 0 Å². The van der Waals surface area contributed by atoms with Crippen molar-refractivity contribution >= 4 is 5.82 Å². The predicted molar refractivity (Wildman–Crippen MR) is 87.1 cm³/mol. The zero-order valence-electron chi connectivity index (χ0n) is 12.7. The van der Waals surface area contributed by atoms with Crippen LogP contribution in [-0.4, -0.2) is 15.6 Å². The number of anilines is 1. The van der Waals surface area contributed by atoms with E-state index in [1.54, 1.807) is 17.0 Å². The van der Waals surface area contributed by atoms with Gasteiger partial charge in [-0.2, -0.15) is 0 Å². The molecule has 0 radical (unpaired) electrons. The van der Waals surface area contributed by atoms with Crippen molar-refractivity contribution in [1.82, 2.24) is 9.55 Å². The van der Waals surface area contributed by atoms with Crippen LogP contribution in [0.15, 0.2) is 47.5 Å². The van der Waals surface area contributed by atoms with E-state index in [0.717, 1.165) is 31.4 Å². The molecule has 0 unspecified atom stereocenters. The van der Waals surface area contributed by atoms with E-state index in [4.69, 9.17) is 0 Å². The highest BCUT2D eigenvalue weighted by Crippen LogP contribution is 2.10. The molecule has 1 N–H and O–H groups in total. The molecule has 2 rings (SSSR count). The summed E-state index contributed by atoms with van der Waals surface area (Å²) in [5.41, 5.74) is 0.761. The molecule has 2 aromatic rings. The molecule has 0 amide bonds. The number of aromatic nitrogens is 2. The smallest absolute Gasteiger partial charge is 0.297 e. The van der Waals surface area contributed by atoms with Gasteiger partial charge in [-0.05, 0) is 25.0 Å².